The normalized spacial score (nSPS) is 17.0. The summed E-state index contributed by atoms with van der Waals surface area (Å²) in [6, 6.07) is 12.5. The second-order valence-corrected chi connectivity index (χ2v) is 7.12. The third-order valence-electron chi connectivity index (χ3n) is 3.62. The van der Waals surface area contributed by atoms with Gasteiger partial charge < -0.3 is 9.84 Å². The molecular weight excluding hydrogens is 384 g/mol. The van der Waals surface area contributed by atoms with Gasteiger partial charge in [0.2, 0.25) is 0 Å². The van der Waals surface area contributed by atoms with E-state index in [0.717, 1.165) is 5.69 Å². The zero-order valence-corrected chi connectivity index (χ0v) is 16.3. The fourth-order valence-corrected chi connectivity index (χ4v) is 3.55. The molecule has 3 rings (SSSR count). The molecule has 0 amide bonds. The second-order valence-electron chi connectivity index (χ2n) is 5.65. The molecule has 0 saturated carbocycles. The summed E-state index contributed by atoms with van der Waals surface area (Å²) in [6.07, 6.45) is 1.72. The van der Waals surface area contributed by atoms with Gasteiger partial charge in [-0.3, -0.25) is 4.98 Å². The number of nitrogens with zero attached hydrogens (tertiary/aromatic N) is 2. The molecule has 7 heteroatoms. The van der Waals surface area contributed by atoms with Gasteiger partial charge in [0.15, 0.2) is 0 Å². The van der Waals surface area contributed by atoms with Crippen molar-refractivity contribution in [3.63, 3.8) is 0 Å². The number of thioether (sulfide) groups is 1. The first kappa shape index (κ1) is 19.2. The third kappa shape index (κ3) is 4.59. The number of aliphatic hydroxyl groups is 1. The van der Waals surface area contributed by atoms with E-state index in [-0.39, 0.29) is 17.9 Å². The van der Waals surface area contributed by atoms with Gasteiger partial charge in [-0.15, -0.1) is 0 Å². The first-order valence-electron chi connectivity index (χ1n) is 8.26. The summed E-state index contributed by atoms with van der Waals surface area (Å²) >= 11 is 7.10. The van der Waals surface area contributed by atoms with Gasteiger partial charge in [-0.2, -0.15) is 0 Å². The molecule has 1 aliphatic heterocycles. The standard InChI is InChI=1S/C20H17ClN2O3S/c1-3-26-20(25)17-18(24)16(11-15-6-4-5-12(2)22-15)27-19(17)23-14-9-7-13(21)8-10-14/h4-11,24H,3H2,1-2H3/b16-11+,23-19?. The molecule has 27 heavy (non-hydrogen) atoms. The minimum Gasteiger partial charge on any atom is -0.506 e. The van der Waals surface area contributed by atoms with Crippen molar-refractivity contribution in [2.24, 2.45) is 4.99 Å². The minimum absolute atomic E-state index is 0.0516. The zero-order valence-electron chi connectivity index (χ0n) is 14.8. The number of hydrogen-bond donors (Lipinski definition) is 1. The maximum atomic E-state index is 12.4. The van der Waals surface area contributed by atoms with Crippen LogP contribution in [-0.2, 0) is 9.53 Å². The van der Waals surface area contributed by atoms with Crippen molar-refractivity contribution in [1.82, 2.24) is 4.98 Å². The van der Waals surface area contributed by atoms with Crippen LogP contribution in [0.15, 0.2) is 63.7 Å². The molecule has 1 N–H and O–H groups in total. The van der Waals surface area contributed by atoms with E-state index >= 15 is 0 Å². The number of aryl methyl sites for hydroxylation is 1. The fraction of sp³-hybridized carbons (Fsp3) is 0.150. The molecule has 1 aromatic heterocycles. The smallest absolute Gasteiger partial charge is 0.344 e. The maximum absolute atomic E-state index is 12.4. The Hall–Kier alpha value is -2.57. The van der Waals surface area contributed by atoms with E-state index in [4.69, 9.17) is 16.3 Å². The summed E-state index contributed by atoms with van der Waals surface area (Å²) in [4.78, 5) is 21.7. The predicted molar refractivity (Wildman–Crippen MR) is 109 cm³/mol. The van der Waals surface area contributed by atoms with E-state index in [1.807, 2.05) is 25.1 Å². The number of halogens is 1. The van der Waals surface area contributed by atoms with Gasteiger partial charge in [0, 0.05) is 10.7 Å². The Morgan fingerprint density at radius 3 is 2.70 bits per heavy atom. The van der Waals surface area contributed by atoms with Gasteiger partial charge in [-0.05, 0) is 56.3 Å². The lowest BCUT2D eigenvalue weighted by molar-refractivity contribution is -0.138. The first-order chi connectivity index (χ1) is 13.0. The number of aromatic nitrogens is 1. The highest BCUT2D eigenvalue weighted by molar-refractivity contribution is 8.18. The number of rotatable bonds is 4. The molecule has 138 valence electrons. The molecule has 0 spiro atoms. The summed E-state index contributed by atoms with van der Waals surface area (Å²) in [5.41, 5.74) is 2.21. The summed E-state index contributed by atoms with van der Waals surface area (Å²) in [6.45, 7) is 3.80. The molecule has 1 aliphatic rings. The van der Waals surface area contributed by atoms with Crippen molar-refractivity contribution in [2.75, 3.05) is 6.61 Å². The topological polar surface area (TPSA) is 71.8 Å². The summed E-state index contributed by atoms with van der Waals surface area (Å²) < 4.78 is 5.09. The van der Waals surface area contributed by atoms with E-state index < -0.39 is 5.97 Å². The maximum Gasteiger partial charge on any atom is 0.344 e. The molecule has 0 saturated heterocycles. The van der Waals surface area contributed by atoms with Crippen LogP contribution in [0.4, 0.5) is 5.69 Å². The highest BCUT2D eigenvalue weighted by atomic mass is 35.5. The second kappa shape index (κ2) is 8.41. The van der Waals surface area contributed by atoms with Crippen molar-refractivity contribution in [1.29, 1.82) is 0 Å². The molecule has 0 aliphatic carbocycles. The van der Waals surface area contributed by atoms with Crippen molar-refractivity contribution in [3.05, 3.63) is 75.1 Å². The number of ether oxygens (including phenoxy) is 1. The van der Waals surface area contributed by atoms with Gasteiger partial charge in [-0.25, -0.2) is 9.79 Å². The Bertz CT molecular complexity index is 965. The third-order valence-corrected chi connectivity index (χ3v) is 4.89. The van der Waals surface area contributed by atoms with E-state index in [0.29, 0.717) is 26.4 Å². The summed E-state index contributed by atoms with van der Waals surface area (Å²) in [5, 5.41) is 11.6. The average Bonchev–Trinajstić information content (AvgIpc) is 2.92. The molecule has 0 radical (unpaired) electrons. The van der Waals surface area contributed by atoms with Crippen molar-refractivity contribution in [3.8, 4) is 0 Å². The highest BCUT2D eigenvalue weighted by Gasteiger charge is 2.33. The molecule has 2 heterocycles. The van der Waals surface area contributed by atoms with Crippen LogP contribution in [0.5, 0.6) is 0 Å². The number of pyridine rings is 1. The lowest BCUT2D eigenvalue weighted by Crippen LogP contribution is -2.12. The lowest BCUT2D eigenvalue weighted by Gasteiger charge is -2.03. The van der Waals surface area contributed by atoms with E-state index in [2.05, 4.69) is 9.98 Å². The van der Waals surface area contributed by atoms with E-state index in [1.54, 1.807) is 37.3 Å². The number of hydrogen-bond acceptors (Lipinski definition) is 6. The summed E-state index contributed by atoms with van der Waals surface area (Å²) in [5.74, 6) is -0.773. The van der Waals surface area contributed by atoms with Gasteiger partial charge in [0.25, 0.3) is 0 Å². The Morgan fingerprint density at radius 1 is 1.30 bits per heavy atom. The fourth-order valence-electron chi connectivity index (χ4n) is 2.40. The van der Waals surface area contributed by atoms with Crippen LogP contribution in [-0.4, -0.2) is 27.7 Å². The van der Waals surface area contributed by atoms with Crippen molar-refractivity contribution < 1.29 is 14.6 Å². The Kier molecular flexibility index (Phi) is 5.98. The van der Waals surface area contributed by atoms with Crippen LogP contribution < -0.4 is 0 Å². The summed E-state index contributed by atoms with van der Waals surface area (Å²) in [7, 11) is 0. The van der Waals surface area contributed by atoms with Gasteiger partial charge in [0.05, 0.1) is 22.9 Å². The largest absolute Gasteiger partial charge is 0.506 e. The molecule has 1 aromatic carbocycles. The predicted octanol–water partition coefficient (Wildman–Crippen LogP) is 5.24. The van der Waals surface area contributed by atoms with Crippen LogP contribution in [0.2, 0.25) is 5.02 Å². The number of carbonyl (C=O) groups is 1. The number of aliphatic imine (C=N–C) groups is 1. The van der Waals surface area contributed by atoms with Crippen LogP contribution in [0.1, 0.15) is 18.3 Å². The Labute approximate surface area is 166 Å². The molecular formula is C20H17ClN2O3S. The van der Waals surface area contributed by atoms with Gasteiger partial charge in [0.1, 0.15) is 16.4 Å². The number of benzene rings is 1. The first-order valence-corrected chi connectivity index (χ1v) is 9.46. The van der Waals surface area contributed by atoms with Gasteiger partial charge >= 0.3 is 5.97 Å². The number of esters is 1. The minimum atomic E-state index is -0.615. The van der Waals surface area contributed by atoms with Crippen LogP contribution in [0.25, 0.3) is 6.08 Å². The van der Waals surface area contributed by atoms with Crippen LogP contribution >= 0.6 is 23.4 Å². The lowest BCUT2D eigenvalue weighted by atomic mass is 10.2. The monoisotopic (exact) mass is 400 g/mol. The van der Waals surface area contributed by atoms with E-state index in [9.17, 15) is 9.90 Å². The number of aliphatic hydroxyl groups excluding tert-OH is 1. The molecule has 0 bridgehead atoms. The van der Waals surface area contributed by atoms with Crippen LogP contribution in [0, 0.1) is 6.92 Å². The molecule has 2 aromatic rings. The highest BCUT2D eigenvalue weighted by Crippen LogP contribution is 2.40. The molecule has 0 fully saturated rings. The number of carbonyl (C=O) groups excluding carboxylic acids is 1. The zero-order chi connectivity index (χ0) is 19.4. The quantitative estimate of drug-likeness (QED) is 0.711. The molecule has 0 unspecified atom stereocenters. The van der Waals surface area contributed by atoms with E-state index in [1.165, 1.54) is 11.8 Å². The van der Waals surface area contributed by atoms with Crippen molar-refractivity contribution >= 4 is 46.1 Å². The van der Waals surface area contributed by atoms with Crippen LogP contribution in [0.3, 0.4) is 0 Å². The molecule has 5 nitrogen and oxygen atoms in total. The molecule has 0 atom stereocenters. The SMILES string of the molecule is CCOC(=O)C1=C(O)/C(=C\c2cccc(C)n2)SC1=Nc1ccc(Cl)cc1. The average molecular weight is 401 g/mol. The van der Waals surface area contributed by atoms with Gasteiger partial charge in [-0.1, -0.05) is 29.4 Å². The Balaban J connectivity index is 2.03. The van der Waals surface area contributed by atoms with Crippen molar-refractivity contribution in [2.45, 2.75) is 13.8 Å². The Morgan fingerprint density at radius 2 is 2.04 bits per heavy atom.